The second-order valence-electron chi connectivity index (χ2n) is 4.10. The number of halogens is 2. The Labute approximate surface area is 122 Å². The molecule has 0 atom stereocenters. The largest absolute Gasteiger partial charge is 0.399 e. The standard InChI is InChI=1S/C12H15ClN2OS.ClH/c13-11-7-8(14)1-2-10(11)12(16)15-9-3-5-17-6-4-9;/h1-2,7,9H,3-6,14H2,(H,15,16);1H. The molecule has 100 valence electrons. The summed E-state index contributed by atoms with van der Waals surface area (Å²) < 4.78 is 0. The molecule has 3 nitrogen and oxygen atoms in total. The van der Waals surface area contributed by atoms with Gasteiger partial charge in [-0.3, -0.25) is 4.79 Å². The highest BCUT2D eigenvalue weighted by molar-refractivity contribution is 7.99. The molecular weight excluding hydrogens is 291 g/mol. The molecule has 2 rings (SSSR count). The van der Waals surface area contributed by atoms with Crippen molar-refractivity contribution in [2.24, 2.45) is 0 Å². The van der Waals surface area contributed by atoms with E-state index in [1.165, 1.54) is 0 Å². The molecule has 6 heteroatoms. The van der Waals surface area contributed by atoms with Gasteiger partial charge in [0.05, 0.1) is 10.6 Å². The lowest BCUT2D eigenvalue weighted by Crippen LogP contribution is -2.37. The Hall–Kier alpha value is -0.580. The maximum Gasteiger partial charge on any atom is 0.253 e. The first kappa shape index (κ1) is 15.5. The van der Waals surface area contributed by atoms with Crippen molar-refractivity contribution in [3.05, 3.63) is 28.8 Å². The van der Waals surface area contributed by atoms with Crippen LogP contribution < -0.4 is 11.1 Å². The average Bonchev–Trinajstić information content (AvgIpc) is 2.30. The fraction of sp³-hybridized carbons (Fsp3) is 0.417. The fourth-order valence-electron chi connectivity index (χ4n) is 1.82. The Kier molecular flexibility index (Phi) is 6.12. The number of nitrogens with two attached hydrogens (primary N) is 1. The van der Waals surface area contributed by atoms with Gasteiger partial charge < -0.3 is 11.1 Å². The van der Waals surface area contributed by atoms with Crippen molar-refractivity contribution in [3.63, 3.8) is 0 Å². The number of thioether (sulfide) groups is 1. The first-order valence-electron chi connectivity index (χ1n) is 5.60. The molecule has 1 saturated heterocycles. The number of anilines is 1. The van der Waals surface area contributed by atoms with Crippen LogP contribution in [0.1, 0.15) is 23.2 Å². The number of rotatable bonds is 2. The van der Waals surface area contributed by atoms with Gasteiger partial charge in [-0.1, -0.05) is 11.6 Å². The summed E-state index contributed by atoms with van der Waals surface area (Å²) in [4.78, 5) is 12.0. The number of benzene rings is 1. The van der Waals surface area contributed by atoms with Crippen LogP contribution in [-0.2, 0) is 0 Å². The summed E-state index contributed by atoms with van der Waals surface area (Å²) in [5.74, 6) is 2.12. The fourth-order valence-corrected chi connectivity index (χ4v) is 3.20. The molecule has 3 N–H and O–H groups in total. The Bertz CT molecular complexity index is 423. The molecule has 0 saturated carbocycles. The normalized spacial score (nSPS) is 15.8. The third kappa shape index (κ3) is 3.97. The van der Waals surface area contributed by atoms with Crippen LogP contribution in [0.4, 0.5) is 5.69 Å². The van der Waals surface area contributed by atoms with Crippen LogP contribution in [0.2, 0.25) is 5.02 Å². The van der Waals surface area contributed by atoms with Gasteiger partial charge in [0.2, 0.25) is 0 Å². The highest BCUT2D eigenvalue weighted by atomic mass is 35.5. The van der Waals surface area contributed by atoms with E-state index >= 15 is 0 Å². The second-order valence-corrected chi connectivity index (χ2v) is 5.73. The smallest absolute Gasteiger partial charge is 0.253 e. The minimum atomic E-state index is -0.105. The molecule has 0 spiro atoms. The monoisotopic (exact) mass is 306 g/mol. The van der Waals surface area contributed by atoms with E-state index in [0.29, 0.717) is 16.3 Å². The van der Waals surface area contributed by atoms with Crippen LogP contribution in [-0.4, -0.2) is 23.5 Å². The second kappa shape index (κ2) is 7.12. The van der Waals surface area contributed by atoms with Crippen molar-refractivity contribution in [2.75, 3.05) is 17.2 Å². The minimum absolute atomic E-state index is 0. The van der Waals surface area contributed by atoms with Gasteiger partial charge in [0.1, 0.15) is 0 Å². The maximum atomic E-state index is 12.0. The summed E-state index contributed by atoms with van der Waals surface area (Å²) in [5, 5.41) is 3.43. The van der Waals surface area contributed by atoms with Crippen LogP contribution in [0.3, 0.4) is 0 Å². The van der Waals surface area contributed by atoms with Crippen LogP contribution in [0, 0.1) is 0 Å². The van der Waals surface area contributed by atoms with Crippen LogP contribution in [0.5, 0.6) is 0 Å². The van der Waals surface area contributed by atoms with Crippen molar-refractivity contribution in [1.82, 2.24) is 5.32 Å². The first-order valence-corrected chi connectivity index (χ1v) is 7.14. The van der Waals surface area contributed by atoms with Gasteiger partial charge in [0.25, 0.3) is 5.91 Å². The van der Waals surface area contributed by atoms with Crippen LogP contribution in [0.25, 0.3) is 0 Å². The highest BCUT2D eigenvalue weighted by Crippen LogP contribution is 2.21. The van der Waals surface area contributed by atoms with E-state index in [4.69, 9.17) is 17.3 Å². The lowest BCUT2D eigenvalue weighted by Gasteiger charge is -2.22. The molecular formula is C12H16Cl2N2OS. The third-order valence-electron chi connectivity index (χ3n) is 2.79. The van der Waals surface area contributed by atoms with E-state index in [2.05, 4.69) is 5.32 Å². The molecule has 1 aliphatic rings. The van der Waals surface area contributed by atoms with Gasteiger partial charge >= 0.3 is 0 Å². The molecule has 1 heterocycles. The Morgan fingerprint density at radius 2 is 2.06 bits per heavy atom. The Balaban J connectivity index is 0.00000162. The number of hydrogen-bond acceptors (Lipinski definition) is 3. The molecule has 0 bridgehead atoms. The predicted octanol–water partition coefficient (Wildman–Crippen LogP) is 2.97. The Morgan fingerprint density at radius 3 is 2.67 bits per heavy atom. The van der Waals surface area contributed by atoms with Gasteiger partial charge in [-0.15, -0.1) is 12.4 Å². The summed E-state index contributed by atoms with van der Waals surface area (Å²) in [6, 6.07) is 5.24. The molecule has 0 aromatic heterocycles. The average molecular weight is 307 g/mol. The van der Waals surface area contributed by atoms with Crippen molar-refractivity contribution >= 4 is 47.4 Å². The molecule has 1 fully saturated rings. The van der Waals surface area contributed by atoms with E-state index < -0.39 is 0 Å². The van der Waals surface area contributed by atoms with Gasteiger partial charge in [0.15, 0.2) is 0 Å². The highest BCUT2D eigenvalue weighted by Gasteiger charge is 2.18. The first-order chi connectivity index (χ1) is 8.16. The van der Waals surface area contributed by atoms with E-state index in [1.807, 2.05) is 11.8 Å². The number of nitrogens with one attached hydrogen (secondary N) is 1. The number of carbonyl (C=O) groups excluding carboxylic acids is 1. The van der Waals surface area contributed by atoms with E-state index in [9.17, 15) is 4.79 Å². The number of hydrogen-bond donors (Lipinski definition) is 2. The van der Waals surface area contributed by atoms with E-state index in [0.717, 1.165) is 24.3 Å². The lowest BCUT2D eigenvalue weighted by molar-refractivity contribution is 0.0935. The van der Waals surface area contributed by atoms with E-state index in [1.54, 1.807) is 18.2 Å². The van der Waals surface area contributed by atoms with E-state index in [-0.39, 0.29) is 24.4 Å². The van der Waals surface area contributed by atoms with Crippen LogP contribution >= 0.6 is 35.8 Å². The quantitative estimate of drug-likeness (QED) is 0.826. The third-order valence-corrected chi connectivity index (χ3v) is 4.16. The maximum absolute atomic E-state index is 12.0. The molecule has 0 radical (unpaired) electrons. The Morgan fingerprint density at radius 1 is 1.39 bits per heavy atom. The predicted molar refractivity (Wildman–Crippen MR) is 80.9 cm³/mol. The zero-order valence-electron chi connectivity index (χ0n) is 9.82. The minimum Gasteiger partial charge on any atom is -0.399 e. The van der Waals surface area contributed by atoms with Gasteiger partial charge in [-0.05, 0) is 42.5 Å². The zero-order chi connectivity index (χ0) is 12.3. The van der Waals surface area contributed by atoms with Gasteiger partial charge in [0, 0.05) is 11.7 Å². The summed E-state index contributed by atoms with van der Waals surface area (Å²) in [6.45, 7) is 0. The van der Waals surface area contributed by atoms with Crippen molar-refractivity contribution in [2.45, 2.75) is 18.9 Å². The molecule has 1 aromatic rings. The topological polar surface area (TPSA) is 55.1 Å². The van der Waals surface area contributed by atoms with Gasteiger partial charge in [-0.25, -0.2) is 0 Å². The summed E-state index contributed by atoms with van der Waals surface area (Å²) >= 11 is 7.93. The lowest BCUT2D eigenvalue weighted by atomic mass is 10.1. The molecule has 1 aromatic carbocycles. The number of amides is 1. The summed E-state index contributed by atoms with van der Waals surface area (Å²) in [7, 11) is 0. The number of carbonyl (C=O) groups is 1. The summed E-state index contributed by atoms with van der Waals surface area (Å²) in [6.07, 6.45) is 2.06. The molecule has 18 heavy (non-hydrogen) atoms. The van der Waals surface area contributed by atoms with Crippen molar-refractivity contribution in [1.29, 1.82) is 0 Å². The molecule has 1 amide bonds. The van der Waals surface area contributed by atoms with Crippen LogP contribution in [0.15, 0.2) is 18.2 Å². The zero-order valence-corrected chi connectivity index (χ0v) is 12.2. The molecule has 1 aliphatic heterocycles. The number of nitrogen functional groups attached to an aromatic ring is 1. The molecule has 0 aliphatic carbocycles. The van der Waals surface area contributed by atoms with Gasteiger partial charge in [-0.2, -0.15) is 11.8 Å². The molecule has 0 unspecified atom stereocenters. The van der Waals surface area contributed by atoms with Crippen molar-refractivity contribution in [3.8, 4) is 0 Å². The SMILES string of the molecule is Cl.Nc1ccc(C(=O)NC2CCSCC2)c(Cl)c1. The van der Waals surface area contributed by atoms with Crippen molar-refractivity contribution < 1.29 is 4.79 Å². The summed E-state index contributed by atoms with van der Waals surface area (Å²) in [5.41, 5.74) is 6.66.